The molecule has 3 aromatic carbocycles. The Morgan fingerprint density at radius 2 is 1.53 bits per heavy atom. The molecule has 0 fully saturated rings. The molecule has 4 rings (SSSR count). The van der Waals surface area contributed by atoms with Gasteiger partial charge in [0.15, 0.2) is 5.76 Å². The van der Waals surface area contributed by atoms with Gasteiger partial charge in [-0.2, -0.15) is 0 Å². The zero-order chi connectivity index (χ0) is 23.0. The van der Waals surface area contributed by atoms with Crippen molar-refractivity contribution < 1.29 is 29.2 Å². The van der Waals surface area contributed by atoms with Gasteiger partial charge in [-0.15, -0.1) is 0 Å². The van der Waals surface area contributed by atoms with E-state index in [4.69, 9.17) is 13.9 Å². The number of fused-ring (bicyclic) bond motifs is 1. The van der Waals surface area contributed by atoms with Gasteiger partial charge < -0.3 is 29.2 Å². The van der Waals surface area contributed by atoms with Gasteiger partial charge in [-0.05, 0) is 42.0 Å². The fourth-order valence-electron chi connectivity index (χ4n) is 3.80. The van der Waals surface area contributed by atoms with Crippen molar-refractivity contribution in [3.8, 4) is 40.1 Å². The van der Waals surface area contributed by atoms with Crippen LogP contribution in [0.15, 0.2) is 63.8 Å². The van der Waals surface area contributed by atoms with Crippen LogP contribution >= 0.6 is 0 Å². The van der Waals surface area contributed by atoms with E-state index in [1.807, 2.05) is 6.92 Å². The zero-order valence-electron chi connectivity index (χ0n) is 17.7. The minimum Gasteiger partial charge on any atom is -0.508 e. The van der Waals surface area contributed by atoms with Gasteiger partial charge in [0.2, 0.25) is 11.2 Å². The number of benzene rings is 3. The fraction of sp³-hybridized carbons (Fsp3) is 0.160. The first-order valence-electron chi connectivity index (χ1n) is 9.88. The summed E-state index contributed by atoms with van der Waals surface area (Å²) in [6.07, 6.45) is 0. The molecule has 4 aromatic rings. The van der Waals surface area contributed by atoms with Crippen LogP contribution in [0.4, 0.5) is 0 Å². The SMILES string of the molecule is COc1ccc(-c2oc3c([C@H](C)c4ccc(O)cc4)c(O)cc(O)c3c(=O)c2OC)cc1. The fourth-order valence-corrected chi connectivity index (χ4v) is 3.80. The summed E-state index contributed by atoms with van der Waals surface area (Å²) < 4.78 is 16.7. The van der Waals surface area contributed by atoms with Crippen molar-refractivity contribution in [2.75, 3.05) is 14.2 Å². The molecule has 164 valence electrons. The number of hydrogen-bond donors (Lipinski definition) is 3. The molecule has 0 saturated heterocycles. The Morgan fingerprint density at radius 1 is 0.875 bits per heavy atom. The first-order valence-corrected chi connectivity index (χ1v) is 9.88. The third-order valence-electron chi connectivity index (χ3n) is 5.50. The molecule has 7 heteroatoms. The van der Waals surface area contributed by atoms with Crippen molar-refractivity contribution in [1.82, 2.24) is 0 Å². The van der Waals surface area contributed by atoms with Crippen molar-refractivity contribution in [2.24, 2.45) is 0 Å². The number of phenols is 3. The van der Waals surface area contributed by atoms with E-state index in [2.05, 4.69) is 0 Å². The van der Waals surface area contributed by atoms with Crippen molar-refractivity contribution in [1.29, 1.82) is 0 Å². The molecular weight excluding hydrogens is 412 g/mol. The van der Waals surface area contributed by atoms with E-state index >= 15 is 0 Å². The van der Waals surface area contributed by atoms with Crippen molar-refractivity contribution in [2.45, 2.75) is 12.8 Å². The lowest BCUT2D eigenvalue weighted by Crippen LogP contribution is -2.10. The highest BCUT2D eigenvalue weighted by molar-refractivity contribution is 5.91. The van der Waals surface area contributed by atoms with Crippen LogP contribution in [-0.4, -0.2) is 29.5 Å². The quantitative estimate of drug-likeness (QED) is 0.416. The minimum absolute atomic E-state index is 0.0553. The highest BCUT2D eigenvalue weighted by Crippen LogP contribution is 2.43. The summed E-state index contributed by atoms with van der Waals surface area (Å²) in [6, 6.07) is 14.5. The van der Waals surface area contributed by atoms with Crippen LogP contribution in [0.25, 0.3) is 22.3 Å². The molecule has 1 atom stereocenters. The lowest BCUT2D eigenvalue weighted by Gasteiger charge is -2.18. The molecule has 0 saturated carbocycles. The van der Waals surface area contributed by atoms with E-state index in [0.717, 1.165) is 11.6 Å². The Bertz CT molecular complexity index is 1340. The summed E-state index contributed by atoms with van der Waals surface area (Å²) in [5.41, 5.74) is 1.16. The van der Waals surface area contributed by atoms with Crippen LogP contribution in [0.1, 0.15) is 24.0 Å². The van der Waals surface area contributed by atoms with Gasteiger partial charge in [-0.3, -0.25) is 4.79 Å². The Labute approximate surface area is 183 Å². The van der Waals surface area contributed by atoms with E-state index in [9.17, 15) is 20.1 Å². The molecular formula is C25H22O7. The Kier molecular flexibility index (Phi) is 5.40. The summed E-state index contributed by atoms with van der Waals surface area (Å²) in [6.45, 7) is 1.83. The molecule has 0 spiro atoms. The van der Waals surface area contributed by atoms with Crippen LogP contribution in [0.3, 0.4) is 0 Å². The molecule has 0 unspecified atom stereocenters. The number of hydrogen-bond acceptors (Lipinski definition) is 7. The van der Waals surface area contributed by atoms with E-state index in [-0.39, 0.29) is 34.0 Å². The first kappa shape index (κ1) is 21.1. The standard InChI is InChI=1S/C25H22O7/c1-13(14-4-8-16(26)9-5-14)20-18(27)12-19(28)21-22(29)25(31-3)23(32-24(20)21)15-6-10-17(30-2)11-7-15/h4-13,26-28H,1-3H3/t13-/m1/s1. The Hall–Kier alpha value is -4.13. The highest BCUT2D eigenvalue weighted by atomic mass is 16.5. The number of rotatable bonds is 5. The van der Waals surface area contributed by atoms with Crippen LogP contribution in [0.5, 0.6) is 28.7 Å². The summed E-state index contributed by atoms with van der Waals surface area (Å²) in [5.74, 6) is -0.202. The molecule has 0 aliphatic heterocycles. The van der Waals surface area contributed by atoms with Crippen molar-refractivity contribution >= 4 is 11.0 Å². The predicted molar refractivity (Wildman–Crippen MR) is 120 cm³/mol. The van der Waals surface area contributed by atoms with Crippen LogP contribution in [0, 0.1) is 0 Å². The summed E-state index contributed by atoms with van der Waals surface area (Å²) >= 11 is 0. The molecule has 0 radical (unpaired) electrons. The average Bonchev–Trinajstić information content (AvgIpc) is 2.79. The monoisotopic (exact) mass is 434 g/mol. The predicted octanol–water partition coefficient (Wildman–Crippen LogP) is 4.75. The van der Waals surface area contributed by atoms with Gasteiger partial charge >= 0.3 is 0 Å². The van der Waals surface area contributed by atoms with Gasteiger partial charge in [-0.1, -0.05) is 19.1 Å². The number of aromatic hydroxyl groups is 3. The number of ether oxygens (including phenoxy) is 2. The van der Waals surface area contributed by atoms with Crippen molar-refractivity contribution in [3.63, 3.8) is 0 Å². The molecule has 7 nitrogen and oxygen atoms in total. The van der Waals surface area contributed by atoms with Gasteiger partial charge in [0.05, 0.1) is 14.2 Å². The second kappa shape index (κ2) is 8.19. The minimum atomic E-state index is -0.559. The second-order valence-electron chi connectivity index (χ2n) is 7.37. The maximum atomic E-state index is 13.3. The smallest absolute Gasteiger partial charge is 0.239 e. The van der Waals surface area contributed by atoms with Crippen LogP contribution in [-0.2, 0) is 0 Å². The number of phenolic OH excluding ortho intramolecular Hbond substituents is 3. The molecule has 3 N–H and O–H groups in total. The summed E-state index contributed by atoms with van der Waals surface area (Å²) in [4.78, 5) is 13.3. The average molecular weight is 434 g/mol. The van der Waals surface area contributed by atoms with Gasteiger partial charge in [0, 0.05) is 23.1 Å². The Balaban J connectivity index is 2.04. The highest BCUT2D eigenvalue weighted by Gasteiger charge is 2.26. The first-order chi connectivity index (χ1) is 15.3. The zero-order valence-corrected chi connectivity index (χ0v) is 17.7. The molecule has 32 heavy (non-hydrogen) atoms. The molecule has 0 aliphatic carbocycles. The maximum Gasteiger partial charge on any atom is 0.239 e. The number of methoxy groups -OCH3 is 2. The van der Waals surface area contributed by atoms with E-state index in [0.29, 0.717) is 16.9 Å². The van der Waals surface area contributed by atoms with Crippen molar-refractivity contribution in [3.05, 3.63) is 75.9 Å². The van der Waals surface area contributed by atoms with Crippen LogP contribution < -0.4 is 14.9 Å². The Morgan fingerprint density at radius 3 is 2.12 bits per heavy atom. The summed E-state index contributed by atoms with van der Waals surface area (Å²) in [7, 11) is 2.90. The lowest BCUT2D eigenvalue weighted by molar-refractivity contribution is 0.396. The molecule has 0 amide bonds. The van der Waals surface area contributed by atoms with Gasteiger partial charge in [-0.25, -0.2) is 0 Å². The molecule has 1 heterocycles. The van der Waals surface area contributed by atoms with E-state index < -0.39 is 17.1 Å². The summed E-state index contributed by atoms with van der Waals surface area (Å²) in [5, 5.41) is 30.7. The maximum absolute atomic E-state index is 13.3. The largest absolute Gasteiger partial charge is 0.508 e. The molecule has 0 bridgehead atoms. The van der Waals surface area contributed by atoms with E-state index in [1.54, 1.807) is 43.5 Å². The second-order valence-corrected chi connectivity index (χ2v) is 7.37. The topological polar surface area (TPSA) is 109 Å². The van der Waals surface area contributed by atoms with Gasteiger partial charge in [0.25, 0.3) is 0 Å². The normalized spacial score (nSPS) is 12.0. The van der Waals surface area contributed by atoms with Crippen LogP contribution in [0.2, 0.25) is 0 Å². The third-order valence-corrected chi connectivity index (χ3v) is 5.50. The lowest BCUT2D eigenvalue weighted by atomic mass is 9.90. The molecule has 0 aliphatic rings. The third kappa shape index (κ3) is 3.47. The molecule has 1 aromatic heterocycles. The van der Waals surface area contributed by atoms with Gasteiger partial charge in [0.1, 0.15) is 34.0 Å². The van der Waals surface area contributed by atoms with E-state index in [1.165, 1.54) is 19.2 Å².